The standard InChI is InChI=1S/C14H15N3/c1-10-5-6-12(11(2)8-10)13-9-16-14(17-13)4-3-7-15/h5-6,8-9H,3-4H2,1-2H3,(H,16,17). The highest BCUT2D eigenvalue weighted by atomic mass is 14.9. The third-order valence-electron chi connectivity index (χ3n) is 2.77. The van der Waals surface area contributed by atoms with Crippen LogP contribution in [-0.2, 0) is 6.42 Å². The van der Waals surface area contributed by atoms with Crippen LogP contribution in [0.4, 0.5) is 0 Å². The number of H-pyrrole nitrogens is 1. The topological polar surface area (TPSA) is 52.5 Å². The minimum Gasteiger partial charge on any atom is -0.342 e. The summed E-state index contributed by atoms with van der Waals surface area (Å²) in [4.78, 5) is 7.55. The fraction of sp³-hybridized carbons (Fsp3) is 0.286. The minimum absolute atomic E-state index is 0.500. The van der Waals surface area contributed by atoms with Crippen LogP contribution in [-0.4, -0.2) is 9.97 Å². The van der Waals surface area contributed by atoms with Gasteiger partial charge in [0.25, 0.3) is 0 Å². The molecule has 0 unspecified atom stereocenters. The van der Waals surface area contributed by atoms with Gasteiger partial charge in [0.2, 0.25) is 0 Å². The van der Waals surface area contributed by atoms with Gasteiger partial charge in [0.15, 0.2) is 0 Å². The number of hydrogen-bond donors (Lipinski definition) is 1. The summed E-state index contributed by atoms with van der Waals surface area (Å²) in [6, 6.07) is 8.48. The molecule has 0 atom stereocenters. The summed E-state index contributed by atoms with van der Waals surface area (Å²) >= 11 is 0. The summed E-state index contributed by atoms with van der Waals surface area (Å²) < 4.78 is 0. The molecule has 0 spiro atoms. The van der Waals surface area contributed by atoms with E-state index in [4.69, 9.17) is 5.26 Å². The number of nitrogens with zero attached hydrogens (tertiary/aromatic N) is 2. The number of rotatable bonds is 3. The molecule has 0 amide bonds. The second-order valence-corrected chi connectivity index (χ2v) is 4.22. The zero-order valence-electron chi connectivity index (χ0n) is 10.1. The van der Waals surface area contributed by atoms with Gasteiger partial charge in [-0.2, -0.15) is 5.26 Å². The van der Waals surface area contributed by atoms with Crippen molar-refractivity contribution in [2.75, 3.05) is 0 Å². The van der Waals surface area contributed by atoms with Crippen LogP contribution in [0.2, 0.25) is 0 Å². The fourth-order valence-electron chi connectivity index (χ4n) is 1.92. The lowest BCUT2D eigenvalue weighted by Gasteiger charge is -2.04. The maximum absolute atomic E-state index is 8.53. The summed E-state index contributed by atoms with van der Waals surface area (Å²) in [6.07, 6.45) is 3.02. The summed E-state index contributed by atoms with van der Waals surface area (Å²) in [6.45, 7) is 4.18. The average Bonchev–Trinajstić information content (AvgIpc) is 2.75. The molecule has 3 heteroatoms. The second-order valence-electron chi connectivity index (χ2n) is 4.22. The first-order valence-corrected chi connectivity index (χ1v) is 5.69. The number of nitrogens with one attached hydrogen (secondary N) is 1. The highest BCUT2D eigenvalue weighted by molar-refractivity contribution is 5.63. The molecule has 1 heterocycles. The molecule has 1 aromatic heterocycles. The van der Waals surface area contributed by atoms with E-state index in [0.29, 0.717) is 12.8 Å². The Hall–Kier alpha value is -2.08. The third kappa shape index (κ3) is 2.54. The maximum atomic E-state index is 8.53. The van der Waals surface area contributed by atoms with E-state index in [1.807, 2.05) is 6.20 Å². The molecule has 0 aliphatic heterocycles. The third-order valence-corrected chi connectivity index (χ3v) is 2.77. The van der Waals surface area contributed by atoms with Crippen LogP contribution in [0, 0.1) is 25.2 Å². The fourth-order valence-corrected chi connectivity index (χ4v) is 1.92. The molecule has 17 heavy (non-hydrogen) atoms. The van der Waals surface area contributed by atoms with Gasteiger partial charge in [-0.1, -0.05) is 23.8 Å². The first kappa shape index (κ1) is 11.4. The van der Waals surface area contributed by atoms with Gasteiger partial charge in [0.1, 0.15) is 5.82 Å². The zero-order valence-corrected chi connectivity index (χ0v) is 10.1. The lowest BCUT2D eigenvalue weighted by atomic mass is 10.0. The molecular formula is C14H15N3. The SMILES string of the molecule is Cc1ccc(-c2cnc(CCC#N)[nH]2)c(C)c1. The van der Waals surface area contributed by atoms with Gasteiger partial charge < -0.3 is 4.98 Å². The van der Waals surface area contributed by atoms with E-state index in [2.05, 4.69) is 48.1 Å². The molecule has 0 aliphatic rings. The monoisotopic (exact) mass is 225 g/mol. The van der Waals surface area contributed by atoms with Gasteiger partial charge >= 0.3 is 0 Å². The highest BCUT2D eigenvalue weighted by Gasteiger charge is 2.05. The normalized spacial score (nSPS) is 10.2. The van der Waals surface area contributed by atoms with E-state index in [1.54, 1.807) is 0 Å². The van der Waals surface area contributed by atoms with E-state index >= 15 is 0 Å². The Kier molecular flexibility index (Phi) is 3.24. The summed E-state index contributed by atoms with van der Waals surface area (Å²) in [5, 5.41) is 8.53. The van der Waals surface area contributed by atoms with Gasteiger partial charge in [-0.15, -0.1) is 0 Å². The van der Waals surface area contributed by atoms with Gasteiger partial charge in [-0.25, -0.2) is 4.98 Å². The molecule has 0 bridgehead atoms. The largest absolute Gasteiger partial charge is 0.342 e. The molecule has 2 aromatic rings. The van der Waals surface area contributed by atoms with Crippen molar-refractivity contribution in [2.24, 2.45) is 0 Å². The number of imidazole rings is 1. The Bertz CT molecular complexity index is 561. The van der Waals surface area contributed by atoms with Crippen LogP contribution < -0.4 is 0 Å². The summed E-state index contributed by atoms with van der Waals surface area (Å²) in [5.74, 6) is 0.876. The second kappa shape index (κ2) is 4.84. The van der Waals surface area contributed by atoms with Crippen LogP contribution >= 0.6 is 0 Å². The van der Waals surface area contributed by atoms with Gasteiger partial charge in [-0.05, 0) is 19.4 Å². The Morgan fingerprint density at radius 1 is 1.35 bits per heavy atom. The van der Waals surface area contributed by atoms with Crippen LogP contribution in [0.25, 0.3) is 11.3 Å². The van der Waals surface area contributed by atoms with E-state index in [9.17, 15) is 0 Å². The van der Waals surface area contributed by atoms with Crippen molar-refractivity contribution >= 4 is 0 Å². The predicted molar refractivity (Wildman–Crippen MR) is 67.4 cm³/mol. The molecule has 0 saturated heterocycles. The van der Waals surface area contributed by atoms with Gasteiger partial charge in [-0.3, -0.25) is 0 Å². The van der Waals surface area contributed by atoms with Crippen molar-refractivity contribution in [3.05, 3.63) is 41.3 Å². The van der Waals surface area contributed by atoms with Crippen LogP contribution in [0.3, 0.4) is 0 Å². The quantitative estimate of drug-likeness (QED) is 0.872. The zero-order chi connectivity index (χ0) is 12.3. The Labute approximate surface area is 101 Å². The van der Waals surface area contributed by atoms with Crippen molar-refractivity contribution < 1.29 is 0 Å². The Balaban J connectivity index is 2.28. The number of hydrogen-bond acceptors (Lipinski definition) is 2. The number of nitriles is 1. The first-order valence-electron chi connectivity index (χ1n) is 5.69. The number of aromatic nitrogens is 2. The first-order chi connectivity index (χ1) is 8.20. The maximum Gasteiger partial charge on any atom is 0.107 e. The molecule has 0 saturated carbocycles. The molecule has 0 radical (unpaired) electrons. The van der Waals surface area contributed by atoms with E-state index in [-0.39, 0.29) is 0 Å². The smallest absolute Gasteiger partial charge is 0.107 e. The summed E-state index contributed by atoms with van der Waals surface area (Å²) in [7, 11) is 0. The highest BCUT2D eigenvalue weighted by Crippen LogP contribution is 2.22. The van der Waals surface area contributed by atoms with Crippen molar-refractivity contribution in [3.8, 4) is 17.3 Å². The predicted octanol–water partition coefficient (Wildman–Crippen LogP) is 3.15. The van der Waals surface area contributed by atoms with Gasteiger partial charge in [0.05, 0.1) is 18.0 Å². The molecular weight excluding hydrogens is 210 g/mol. The molecule has 0 aliphatic carbocycles. The number of aryl methyl sites for hydroxylation is 3. The van der Waals surface area contributed by atoms with Crippen molar-refractivity contribution in [1.29, 1.82) is 5.26 Å². The molecule has 0 fully saturated rings. The van der Waals surface area contributed by atoms with Crippen molar-refractivity contribution in [1.82, 2.24) is 9.97 Å². The molecule has 2 rings (SSSR count). The van der Waals surface area contributed by atoms with Crippen molar-refractivity contribution in [2.45, 2.75) is 26.7 Å². The number of benzene rings is 1. The van der Waals surface area contributed by atoms with E-state index < -0.39 is 0 Å². The Morgan fingerprint density at radius 3 is 2.88 bits per heavy atom. The lowest BCUT2D eigenvalue weighted by molar-refractivity contribution is 0.918. The minimum atomic E-state index is 0.500. The molecule has 1 N–H and O–H groups in total. The molecule has 3 nitrogen and oxygen atoms in total. The Morgan fingerprint density at radius 2 is 2.18 bits per heavy atom. The lowest BCUT2D eigenvalue weighted by Crippen LogP contribution is -1.88. The van der Waals surface area contributed by atoms with E-state index in [1.165, 1.54) is 16.7 Å². The van der Waals surface area contributed by atoms with Crippen LogP contribution in [0.15, 0.2) is 24.4 Å². The summed E-state index contributed by atoms with van der Waals surface area (Å²) in [5.41, 5.74) is 4.69. The molecule has 86 valence electrons. The molecule has 1 aromatic carbocycles. The van der Waals surface area contributed by atoms with Crippen molar-refractivity contribution in [3.63, 3.8) is 0 Å². The van der Waals surface area contributed by atoms with Crippen LogP contribution in [0.1, 0.15) is 23.4 Å². The average molecular weight is 225 g/mol. The van der Waals surface area contributed by atoms with Gasteiger partial charge in [0, 0.05) is 18.4 Å². The van der Waals surface area contributed by atoms with Crippen LogP contribution in [0.5, 0.6) is 0 Å². The number of aromatic amines is 1. The van der Waals surface area contributed by atoms with E-state index in [0.717, 1.165) is 11.5 Å².